The number of nitrogens with one attached hydrogen (secondary N) is 1. The monoisotopic (exact) mass is 287 g/mol. The molecule has 1 aromatic rings. The van der Waals surface area contributed by atoms with Crippen LogP contribution < -0.4 is 5.32 Å². The van der Waals surface area contributed by atoms with Gasteiger partial charge in [0.05, 0.1) is 0 Å². The molecular formula is C20H33N. The minimum Gasteiger partial charge on any atom is -0.314 e. The molecule has 0 saturated heterocycles. The summed E-state index contributed by atoms with van der Waals surface area (Å²) in [4.78, 5) is 0. The number of hydrogen-bond acceptors (Lipinski definition) is 1. The van der Waals surface area contributed by atoms with Crippen LogP contribution in [0.1, 0.15) is 70.8 Å². The van der Waals surface area contributed by atoms with E-state index in [4.69, 9.17) is 0 Å². The molecule has 1 N–H and O–H groups in total. The molecule has 0 aliphatic heterocycles. The third kappa shape index (κ3) is 5.47. The summed E-state index contributed by atoms with van der Waals surface area (Å²) >= 11 is 0. The van der Waals surface area contributed by atoms with Crippen LogP contribution in [0, 0.1) is 11.8 Å². The predicted octanol–water partition coefficient (Wildman–Crippen LogP) is 5.37. The normalized spacial score (nSPS) is 24.8. The van der Waals surface area contributed by atoms with E-state index >= 15 is 0 Å². The number of hydrogen-bond donors (Lipinski definition) is 1. The Hall–Kier alpha value is -0.820. The van der Waals surface area contributed by atoms with Crippen molar-refractivity contribution in [2.75, 3.05) is 6.54 Å². The van der Waals surface area contributed by atoms with E-state index in [2.05, 4.69) is 56.4 Å². The van der Waals surface area contributed by atoms with Crippen molar-refractivity contribution in [3.05, 3.63) is 35.9 Å². The molecule has 118 valence electrons. The molecule has 1 nitrogen and oxygen atoms in total. The second-order valence-electron chi connectivity index (χ2n) is 7.26. The summed E-state index contributed by atoms with van der Waals surface area (Å²) in [5.74, 6) is 2.48. The highest BCUT2D eigenvalue weighted by Gasteiger charge is 2.20. The summed E-state index contributed by atoms with van der Waals surface area (Å²) in [7, 11) is 0. The minimum atomic E-state index is 0.660. The van der Waals surface area contributed by atoms with E-state index in [1.54, 1.807) is 0 Å². The summed E-state index contributed by atoms with van der Waals surface area (Å²) in [6.07, 6.45) is 8.27. The predicted molar refractivity (Wildman–Crippen MR) is 92.7 cm³/mol. The summed E-state index contributed by atoms with van der Waals surface area (Å²) in [6.45, 7) is 8.28. The maximum Gasteiger partial charge on any atom is 0.00671 e. The molecule has 0 spiro atoms. The average Bonchev–Trinajstić information content (AvgIpc) is 2.74. The van der Waals surface area contributed by atoms with Crippen molar-refractivity contribution in [3.8, 4) is 0 Å². The topological polar surface area (TPSA) is 12.0 Å². The molecule has 21 heavy (non-hydrogen) atoms. The molecule has 2 rings (SSSR count). The molecule has 1 aliphatic carbocycles. The first kappa shape index (κ1) is 16.5. The summed E-state index contributed by atoms with van der Waals surface area (Å²) in [6, 6.07) is 11.7. The third-order valence-electron chi connectivity index (χ3n) is 5.34. The van der Waals surface area contributed by atoms with Crippen LogP contribution in [0.3, 0.4) is 0 Å². The van der Waals surface area contributed by atoms with E-state index in [1.807, 2.05) is 0 Å². The molecule has 0 bridgehead atoms. The maximum absolute atomic E-state index is 3.82. The van der Waals surface area contributed by atoms with Gasteiger partial charge in [-0.05, 0) is 55.5 Å². The molecule has 0 aromatic heterocycles. The molecule has 1 fully saturated rings. The quantitative estimate of drug-likeness (QED) is 0.693. The molecule has 0 radical (unpaired) electrons. The molecular weight excluding hydrogens is 254 g/mol. The zero-order chi connectivity index (χ0) is 15.1. The first-order chi connectivity index (χ1) is 10.2. The van der Waals surface area contributed by atoms with Gasteiger partial charge >= 0.3 is 0 Å². The molecule has 0 heterocycles. The molecule has 1 heteroatoms. The van der Waals surface area contributed by atoms with Gasteiger partial charge in [-0.1, -0.05) is 63.9 Å². The fourth-order valence-corrected chi connectivity index (χ4v) is 3.65. The lowest BCUT2D eigenvalue weighted by molar-refractivity contribution is 0.337. The van der Waals surface area contributed by atoms with Crippen molar-refractivity contribution < 1.29 is 0 Å². The molecule has 1 aliphatic rings. The van der Waals surface area contributed by atoms with Gasteiger partial charge in [-0.15, -0.1) is 0 Å². The highest BCUT2D eigenvalue weighted by molar-refractivity contribution is 5.18. The maximum atomic E-state index is 3.82. The van der Waals surface area contributed by atoms with Crippen LogP contribution in [-0.4, -0.2) is 12.6 Å². The van der Waals surface area contributed by atoms with Crippen LogP contribution in [0.5, 0.6) is 0 Å². The van der Waals surface area contributed by atoms with Crippen LogP contribution in [0.4, 0.5) is 0 Å². The van der Waals surface area contributed by atoms with E-state index in [0.717, 1.165) is 24.4 Å². The largest absolute Gasteiger partial charge is 0.314 e. The van der Waals surface area contributed by atoms with Gasteiger partial charge < -0.3 is 5.32 Å². The summed E-state index contributed by atoms with van der Waals surface area (Å²) in [5.41, 5.74) is 1.47. The summed E-state index contributed by atoms with van der Waals surface area (Å²) in [5, 5.41) is 3.82. The van der Waals surface area contributed by atoms with Crippen molar-refractivity contribution >= 4 is 0 Å². The van der Waals surface area contributed by atoms with Crippen molar-refractivity contribution in [2.24, 2.45) is 11.8 Å². The van der Waals surface area contributed by atoms with Gasteiger partial charge in [0.15, 0.2) is 0 Å². The summed E-state index contributed by atoms with van der Waals surface area (Å²) < 4.78 is 0. The van der Waals surface area contributed by atoms with E-state index in [0.29, 0.717) is 5.92 Å². The van der Waals surface area contributed by atoms with Crippen LogP contribution >= 0.6 is 0 Å². The minimum absolute atomic E-state index is 0.660. The Balaban J connectivity index is 1.69. The number of rotatable bonds is 6. The average molecular weight is 287 g/mol. The Morgan fingerprint density at radius 1 is 1.00 bits per heavy atom. The van der Waals surface area contributed by atoms with Gasteiger partial charge in [0.1, 0.15) is 0 Å². The molecule has 3 unspecified atom stereocenters. The zero-order valence-corrected chi connectivity index (χ0v) is 14.1. The SMILES string of the molecule is CC(CCNC1CCCC(C(C)C)CC1)c1ccccc1. The third-order valence-corrected chi connectivity index (χ3v) is 5.34. The van der Waals surface area contributed by atoms with Crippen molar-refractivity contribution in [1.29, 1.82) is 0 Å². The van der Waals surface area contributed by atoms with Gasteiger partial charge in [-0.25, -0.2) is 0 Å². The first-order valence-corrected chi connectivity index (χ1v) is 8.95. The molecule has 1 aromatic carbocycles. The van der Waals surface area contributed by atoms with Crippen molar-refractivity contribution in [2.45, 2.75) is 71.3 Å². The van der Waals surface area contributed by atoms with Crippen molar-refractivity contribution in [1.82, 2.24) is 5.32 Å². The van der Waals surface area contributed by atoms with Crippen LogP contribution in [0.2, 0.25) is 0 Å². The van der Waals surface area contributed by atoms with Gasteiger partial charge in [-0.3, -0.25) is 0 Å². The lowest BCUT2D eigenvalue weighted by Gasteiger charge is -2.20. The van der Waals surface area contributed by atoms with E-state index in [-0.39, 0.29) is 0 Å². The van der Waals surface area contributed by atoms with Gasteiger partial charge in [0.2, 0.25) is 0 Å². The van der Waals surface area contributed by atoms with Crippen LogP contribution in [0.25, 0.3) is 0 Å². The lowest BCUT2D eigenvalue weighted by Crippen LogP contribution is -2.30. The molecule has 3 atom stereocenters. The standard InChI is InChI=1S/C20H33N/c1-16(2)18-10-7-11-20(13-12-18)21-15-14-17(3)19-8-5-4-6-9-19/h4-6,8-9,16-18,20-21H,7,10-15H2,1-3H3. The fraction of sp³-hybridized carbons (Fsp3) is 0.700. The lowest BCUT2D eigenvalue weighted by atomic mass is 9.89. The van der Waals surface area contributed by atoms with Gasteiger partial charge in [0.25, 0.3) is 0 Å². The van der Waals surface area contributed by atoms with Crippen molar-refractivity contribution in [3.63, 3.8) is 0 Å². The van der Waals surface area contributed by atoms with Gasteiger partial charge in [0, 0.05) is 6.04 Å². The zero-order valence-electron chi connectivity index (χ0n) is 14.1. The Kier molecular flexibility index (Phi) is 6.76. The van der Waals surface area contributed by atoms with Gasteiger partial charge in [-0.2, -0.15) is 0 Å². The Morgan fingerprint density at radius 2 is 1.76 bits per heavy atom. The van der Waals surface area contributed by atoms with Crippen LogP contribution in [0.15, 0.2) is 30.3 Å². The van der Waals surface area contributed by atoms with E-state index < -0.39 is 0 Å². The highest BCUT2D eigenvalue weighted by Crippen LogP contribution is 2.29. The second-order valence-corrected chi connectivity index (χ2v) is 7.26. The Labute approximate surface area is 131 Å². The Bertz CT molecular complexity index is 384. The smallest absolute Gasteiger partial charge is 0.00671 e. The van der Waals surface area contributed by atoms with E-state index in [1.165, 1.54) is 44.1 Å². The highest BCUT2D eigenvalue weighted by atomic mass is 14.9. The fourth-order valence-electron chi connectivity index (χ4n) is 3.65. The second kappa shape index (κ2) is 8.58. The number of benzene rings is 1. The molecule has 1 saturated carbocycles. The first-order valence-electron chi connectivity index (χ1n) is 8.95. The van der Waals surface area contributed by atoms with E-state index in [9.17, 15) is 0 Å². The molecule has 0 amide bonds. The Morgan fingerprint density at radius 3 is 2.48 bits per heavy atom. The van der Waals surface area contributed by atoms with Crippen LogP contribution in [-0.2, 0) is 0 Å².